The van der Waals surface area contributed by atoms with Gasteiger partial charge >= 0.3 is 0 Å². The third kappa shape index (κ3) is 4.94. The van der Waals surface area contributed by atoms with E-state index in [0.717, 1.165) is 32.2 Å². The van der Waals surface area contributed by atoms with E-state index >= 15 is 0 Å². The fourth-order valence-electron chi connectivity index (χ4n) is 1.72. The minimum Gasteiger partial charge on any atom is -0.376 e. The Morgan fingerprint density at radius 3 is 2.86 bits per heavy atom. The van der Waals surface area contributed by atoms with Gasteiger partial charge in [0.1, 0.15) is 0 Å². The van der Waals surface area contributed by atoms with E-state index in [0.29, 0.717) is 6.10 Å². The van der Waals surface area contributed by atoms with Gasteiger partial charge in [-0.25, -0.2) is 0 Å². The molecule has 0 amide bonds. The molecule has 1 unspecified atom stereocenters. The zero-order valence-corrected chi connectivity index (χ0v) is 9.75. The zero-order chi connectivity index (χ0) is 10.4. The van der Waals surface area contributed by atoms with E-state index < -0.39 is 0 Å². The summed E-state index contributed by atoms with van der Waals surface area (Å²) in [5.41, 5.74) is 0. The Hall–Kier alpha value is -0.120. The van der Waals surface area contributed by atoms with Gasteiger partial charge in [-0.2, -0.15) is 0 Å². The lowest BCUT2D eigenvalue weighted by Gasteiger charge is -2.13. The fraction of sp³-hybridized carbons (Fsp3) is 1.00. The Labute approximate surface area is 87.8 Å². The molecule has 1 saturated heterocycles. The number of ether oxygens (including phenoxy) is 1. The first-order chi connectivity index (χ1) is 6.68. The summed E-state index contributed by atoms with van der Waals surface area (Å²) in [6.45, 7) is 9.66. The van der Waals surface area contributed by atoms with Crippen molar-refractivity contribution in [3.63, 3.8) is 0 Å². The smallest absolute Gasteiger partial charge is 0.0714 e. The lowest BCUT2D eigenvalue weighted by molar-refractivity contribution is 0.0626. The molecule has 1 atom stereocenters. The van der Waals surface area contributed by atoms with Crippen LogP contribution in [-0.4, -0.2) is 50.8 Å². The quantitative estimate of drug-likeness (QED) is 0.646. The Bertz CT molecular complexity index is 150. The van der Waals surface area contributed by atoms with Crippen molar-refractivity contribution >= 4 is 0 Å². The molecule has 3 nitrogen and oxygen atoms in total. The van der Waals surface area contributed by atoms with Crippen molar-refractivity contribution in [1.82, 2.24) is 10.2 Å². The highest BCUT2D eigenvalue weighted by Gasteiger charge is 2.19. The number of rotatable bonds is 6. The Morgan fingerprint density at radius 2 is 2.29 bits per heavy atom. The number of hydrogen-bond donors (Lipinski definition) is 1. The normalized spacial score (nSPS) is 23.6. The van der Waals surface area contributed by atoms with Crippen LogP contribution in [0.1, 0.15) is 20.3 Å². The first kappa shape index (κ1) is 12.0. The molecule has 1 N–H and O–H groups in total. The van der Waals surface area contributed by atoms with E-state index in [1.54, 1.807) is 0 Å². The van der Waals surface area contributed by atoms with E-state index in [1.807, 2.05) is 0 Å². The van der Waals surface area contributed by atoms with E-state index in [9.17, 15) is 0 Å². The summed E-state index contributed by atoms with van der Waals surface area (Å²) in [5, 5.41) is 3.38. The molecule has 0 aliphatic carbocycles. The third-order valence-electron chi connectivity index (χ3n) is 2.53. The number of likely N-dealkylation sites (tertiary alicyclic amines) is 1. The number of nitrogens with one attached hydrogen (secondary N) is 1. The molecule has 3 heteroatoms. The summed E-state index contributed by atoms with van der Waals surface area (Å²) in [5.74, 6) is 0.729. The maximum absolute atomic E-state index is 5.75. The molecule has 84 valence electrons. The molecule has 0 saturated carbocycles. The van der Waals surface area contributed by atoms with Crippen LogP contribution in [0.5, 0.6) is 0 Å². The molecule has 0 radical (unpaired) electrons. The first-order valence-corrected chi connectivity index (χ1v) is 5.69. The van der Waals surface area contributed by atoms with Gasteiger partial charge in [-0.05, 0) is 25.9 Å². The van der Waals surface area contributed by atoms with Crippen LogP contribution in [0.2, 0.25) is 0 Å². The van der Waals surface area contributed by atoms with E-state index in [4.69, 9.17) is 4.74 Å². The van der Waals surface area contributed by atoms with Crippen molar-refractivity contribution in [2.45, 2.75) is 26.4 Å². The highest BCUT2D eigenvalue weighted by atomic mass is 16.5. The molecule has 14 heavy (non-hydrogen) atoms. The topological polar surface area (TPSA) is 24.5 Å². The second-order valence-corrected chi connectivity index (χ2v) is 4.64. The van der Waals surface area contributed by atoms with Crippen LogP contribution < -0.4 is 5.32 Å². The average Bonchev–Trinajstić information content (AvgIpc) is 2.50. The predicted molar refractivity (Wildman–Crippen MR) is 59.6 cm³/mol. The Morgan fingerprint density at radius 1 is 1.50 bits per heavy atom. The molecule has 1 fully saturated rings. The second-order valence-electron chi connectivity index (χ2n) is 4.64. The Balaban J connectivity index is 1.89. The summed E-state index contributed by atoms with van der Waals surface area (Å²) in [7, 11) is 2.15. The van der Waals surface area contributed by atoms with Crippen molar-refractivity contribution in [3.05, 3.63) is 0 Å². The molecule has 1 aliphatic heterocycles. The van der Waals surface area contributed by atoms with E-state index in [-0.39, 0.29) is 0 Å². The number of likely N-dealkylation sites (N-methyl/N-ethyl adjacent to an activating group) is 1. The molecule has 0 aromatic carbocycles. The van der Waals surface area contributed by atoms with Gasteiger partial charge in [0.05, 0.1) is 12.7 Å². The lowest BCUT2D eigenvalue weighted by Crippen LogP contribution is -2.27. The van der Waals surface area contributed by atoms with Crippen molar-refractivity contribution in [3.8, 4) is 0 Å². The molecule has 1 rings (SSSR count). The fourth-order valence-corrected chi connectivity index (χ4v) is 1.72. The largest absolute Gasteiger partial charge is 0.376 e. The van der Waals surface area contributed by atoms with Crippen molar-refractivity contribution in [1.29, 1.82) is 0 Å². The van der Waals surface area contributed by atoms with Crippen LogP contribution in [-0.2, 0) is 4.74 Å². The highest BCUT2D eigenvalue weighted by Crippen LogP contribution is 2.09. The van der Waals surface area contributed by atoms with Crippen LogP contribution >= 0.6 is 0 Å². The van der Waals surface area contributed by atoms with Crippen LogP contribution in [0.15, 0.2) is 0 Å². The monoisotopic (exact) mass is 200 g/mol. The minimum atomic E-state index is 0.473. The highest BCUT2D eigenvalue weighted by molar-refractivity contribution is 4.72. The number of hydrogen-bond acceptors (Lipinski definition) is 3. The zero-order valence-electron chi connectivity index (χ0n) is 9.75. The molecular formula is C11H24N2O. The van der Waals surface area contributed by atoms with Gasteiger partial charge in [0.2, 0.25) is 0 Å². The standard InChI is InChI=1S/C11H24N2O/c1-10(2)8-12-5-7-14-11-4-6-13(3)9-11/h10-12H,4-9H2,1-3H3. The van der Waals surface area contributed by atoms with E-state index in [2.05, 4.69) is 31.1 Å². The molecule has 0 aromatic heterocycles. The van der Waals surface area contributed by atoms with Gasteiger partial charge in [-0.15, -0.1) is 0 Å². The van der Waals surface area contributed by atoms with Gasteiger partial charge < -0.3 is 15.0 Å². The maximum Gasteiger partial charge on any atom is 0.0714 e. The second kappa shape index (κ2) is 6.38. The summed E-state index contributed by atoms with van der Waals surface area (Å²) < 4.78 is 5.75. The van der Waals surface area contributed by atoms with Crippen LogP contribution in [0.4, 0.5) is 0 Å². The maximum atomic E-state index is 5.75. The van der Waals surface area contributed by atoms with Gasteiger partial charge in [-0.3, -0.25) is 0 Å². The predicted octanol–water partition coefficient (Wildman–Crippen LogP) is 0.953. The van der Waals surface area contributed by atoms with Crippen LogP contribution in [0, 0.1) is 5.92 Å². The summed E-state index contributed by atoms with van der Waals surface area (Å²) in [6, 6.07) is 0. The summed E-state index contributed by atoms with van der Waals surface area (Å²) in [4.78, 5) is 2.33. The molecule has 0 spiro atoms. The summed E-state index contributed by atoms with van der Waals surface area (Å²) in [6.07, 6.45) is 1.67. The van der Waals surface area contributed by atoms with Crippen molar-refractivity contribution in [2.24, 2.45) is 5.92 Å². The summed E-state index contributed by atoms with van der Waals surface area (Å²) >= 11 is 0. The molecular weight excluding hydrogens is 176 g/mol. The van der Waals surface area contributed by atoms with Crippen LogP contribution in [0.3, 0.4) is 0 Å². The SMILES string of the molecule is CC(C)CNCCOC1CCN(C)C1. The van der Waals surface area contributed by atoms with Gasteiger partial charge in [0, 0.05) is 19.6 Å². The van der Waals surface area contributed by atoms with Gasteiger partial charge in [0.25, 0.3) is 0 Å². The molecule has 1 heterocycles. The minimum absolute atomic E-state index is 0.473. The molecule has 0 bridgehead atoms. The van der Waals surface area contributed by atoms with Crippen LogP contribution in [0.25, 0.3) is 0 Å². The van der Waals surface area contributed by atoms with Gasteiger partial charge in [-0.1, -0.05) is 13.8 Å². The van der Waals surface area contributed by atoms with Crippen molar-refractivity contribution < 1.29 is 4.74 Å². The first-order valence-electron chi connectivity index (χ1n) is 5.69. The average molecular weight is 200 g/mol. The van der Waals surface area contributed by atoms with Gasteiger partial charge in [0.15, 0.2) is 0 Å². The van der Waals surface area contributed by atoms with Crippen molar-refractivity contribution in [2.75, 3.05) is 39.8 Å². The Kier molecular flexibility index (Phi) is 5.45. The third-order valence-corrected chi connectivity index (χ3v) is 2.53. The lowest BCUT2D eigenvalue weighted by atomic mass is 10.2. The number of nitrogens with zero attached hydrogens (tertiary/aromatic N) is 1. The van der Waals surface area contributed by atoms with E-state index in [1.165, 1.54) is 13.0 Å². The molecule has 1 aliphatic rings. The molecule has 0 aromatic rings.